The standard InChI is InChI=1S/C26H32N6O3/c1-16(2)23(26(27)35)30-21(33)13-14-22(34)32-15-17-9-5-6-10-18(17)24(28-3)25(31-29-4)19-11-7-8-12-20(19)32/h5-12,16,23,29H,13-15H2,1-4H3,(H2,27,35)(H,30,33)/t23-/m0/s1. The minimum atomic E-state index is -0.779. The molecule has 9 heteroatoms. The summed E-state index contributed by atoms with van der Waals surface area (Å²) in [5.74, 6) is -1.36. The first-order chi connectivity index (χ1) is 16.8. The summed E-state index contributed by atoms with van der Waals surface area (Å²) < 4.78 is 0. The molecule has 0 aromatic heterocycles. The molecule has 1 aliphatic heterocycles. The van der Waals surface area contributed by atoms with E-state index in [9.17, 15) is 14.4 Å². The van der Waals surface area contributed by atoms with Crippen LogP contribution in [-0.2, 0) is 20.9 Å². The van der Waals surface area contributed by atoms with Gasteiger partial charge in [0.15, 0.2) is 0 Å². The quantitative estimate of drug-likeness (QED) is 0.528. The van der Waals surface area contributed by atoms with Crippen LogP contribution in [0.5, 0.6) is 0 Å². The van der Waals surface area contributed by atoms with E-state index < -0.39 is 17.9 Å². The zero-order valence-corrected chi connectivity index (χ0v) is 20.5. The van der Waals surface area contributed by atoms with Crippen molar-refractivity contribution in [2.45, 2.75) is 39.3 Å². The summed E-state index contributed by atoms with van der Waals surface area (Å²) in [6.45, 7) is 3.91. The molecule has 1 aliphatic rings. The van der Waals surface area contributed by atoms with Crippen LogP contribution in [0.15, 0.2) is 58.6 Å². The van der Waals surface area contributed by atoms with Gasteiger partial charge in [-0.2, -0.15) is 5.10 Å². The van der Waals surface area contributed by atoms with Crippen LogP contribution in [0.2, 0.25) is 0 Å². The van der Waals surface area contributed by atoms with Gasteiger partial charge in [0.2, 0.25) is 17.7 Å². The van der Waals surface area contributed by atoms with Crippen molar-refractivity contribution >= 4 is 34.8 Å². The Morgan fingerprint density at radius 1 is 1.00 bits per heavy atom. The normalized spacial score (nSPS) is 16.2. The summed E-state index contributed by atoms with van der Waals surface area (Å²) in [6, 6.07) is 14.5. The van der Waals surface area contributed by atoms with E-state index in [1.807, 2.05) is 48.5 Å². The number of nitrogens with two attached hydrogens (primary N) is 1. The van der Waals surface area contributed by atoms with E-state index in [0.717, 1.165) is 22.4 Å². The third kappa shape index (κ3) is 5.74. The van der Waals surface area contributed by atoms with Gasteiger partial charge < -0.3 is 21.4 Å². The lowest BCUT2D eigenvalue weighted by molar-refractivity contribution is -0.129. The molecule has 2 aromatic carbocycles. The highest BCUT2D eigenvalue weighted by atomic mass is 16.2. The second kappa shape index (κ2) is 11.4. The van der Waals surface area contributed by atoms with Crippen LogP contribution in [0.3, 0.4) is 0 Å². The zero-order valence-electron chi connectivity index (χ0n) is 20.5. The lowest BCUT2D eigenvalue weighted by atomic mass is 9.91. The number of primary amides is 1. The third-order valence-corrected chi connectivity index (χ3v) is 5.88. The molecular formula is C26H32N6O3. The highest BCUT2D eigenvalue weighted by Gasteiger charge is 2.29. The number of rotatable bonds is 7. The van der Waals surface area contributed by atoms with Crippen molar-refractivity contribution in [3.8, 4) is 0 Å². The first-order valence-corrected chi connectivity index (χ1v) is 11.6. The van der Waals surface area contributed by atoms with Crippen molar-refractivity contribution in [3.05, 3.63) is 65.2 Å². The van der Waals surface area contributed by atoms with Gasteiger partial charge in [0, 0.05) is 38.1 Å². The van der Waals surface area contributed by atoms with E-state index in [-0.39, 0.29) is 24.7 Å². The van der Waals surface area contributed by atoms with Crippen LogP contribution in [-0.4, -0.2) is 49.3 Å². The van der Waals surface area contributed by atoms with Crippen LogP contribution in [0, 0.1) is 5.92 Å². The molecule has 3 rings (SSSR count). The minimum Gasteiger partial charge on any atom is -0.368 e. The van der Waals surface area contributed by atoms with Crippen molar-refractivity contribution in [2.75, 3.05) is 19.0 Å². The Morgan fingerprint density at radius 2 is 1.66 bits per heavy atom. The van der Waals surface area contributed by atoms with Gasteiger partial charge in [-0.3, -0.25) is 19.4 Å². The number of nitrogens with one attached hydrogen (secondary N) is 2. The average molecular weight is 477 g/mol. The average Bonchev–Trinajstić information content (AvgIpc) is 2.83. The van der Waals surface area contributed by atoms with Gasteiger partial charge in [0.05, 0.1) is 17.9 Å². The van der Waals surface area contributed by atoms with E-state index in [2.05, 4.69) is 20.8 Å². The topological polar surface area (TPSA) is 129 Å². The number of nitrogens with zero attached hydrogens (tertiary/aromatic N) is 3. The van der Waals surface area contributed by atoms with Crippen molar-refractivity contribution < 1.29 is 14.4 Å². The van der Waals surface area contributed by atoms with E-state index in [4.69, 9.17) is 5.73 Å². The molecule has 0 saturated carbocycles. The summed E-state index contributed by atoms with van der Waals surface area (Å²) in [4.78, 5) is 43.8. The van der Waals surface area contributed by atoms with Crippen LogP contribution < -0.4 is 21.4 Å². The number of benzene rings is 2. The Morgan fingerprint density at radius 3 is 2.29 bits per heavy atom. The number of anilines is 1. The second-order valence-corrected chi connectivity index (χ2v) is 8.60. The third-order valence-electron chi connectivity index (χ3n) is 5.88. The number of amides is 3. The second-order valence-electron chi connectivity index (χ2n) is 8.60. The molecule has 0 bridgehead atoms. The van der Waals surface area contributed by atoms with Gasteiger partial charge in [0.25, 0.3) is 0 Å². The number of aliphatic imine (C=N–C) groups is 1. The van der Waals surface area contributed by atoms with Crippen molar-refractivity contribution in [1.82, 2.24) is 10.7 Å². The summed E-state index contributed by atoms with van der Waals surface area (Å²) in [7, 11) is 3.44. The summed E-state index contributed by atoms with van der Waals surface area (Å²) in [5, 5.41) is 7.14. The first kappa shape index (κ1) is 25.6. The summed E-state index contributed by atoms with van der Waals surface area (Å²) >= 11 is 0. The lowest BCUT2D eigenvalue weighted by Gasteiger charge is -2.30. The molecule has 35 heavy (non-hydrogen) atoms. The Balaban J connectivity index is 1.95. The number of hydrazone groups is 1. The van der Waals surface area contributed by atoms with Crippen molar-refractivity contribution in [2.24, 2.45) is 21.7 Å². The maximum atomic E-state index is 13.5. The van der Waals surface area contributed by atoms with Gasteiger partial charge in [-0.05, 0) is 17.5 Å². The number of para-hydroxylation sites is 1. The highest BCUT2D eigenvalue weighted by molar-refractivity contribution is 6.54. The Bertz CT molecular complexity index is 1170. The van der Waals surface area contributed by atoms with Crippen molar-refractivity contribution in [1.29, 1.82) is 0 Å². The van der Waals surface area contributed by atoms with E-state index in [0.29, 0.717) is 17.9 Å². The van der Waals surface area contributed by atoms with Crippen LogP contribution >= 0.6 is 0 Å². The molecule has 0 aliphatic carbocycles. The predicted molar refractivity (Wildman–Crippen MR) is 137 cm³/mol. The Kier molecular flexibility index (Phi) is 8.35. The zero-order chi connectivity index (χ0) is 25.5. The maximum Gasteiger partial charge on any atom is 0.240 e. The molecule has 0 unspecified atom stereocenters. The molecule has 1 atom stereocenters. The van der Waals surface area contributed by atoms with Crippen LogP contribution in [0.4, 0.5) is 5.69 Å². The largest absolute Gasteiger partial charge is 0.368 e. The van der Waals surface area contributed by atoms with Crippen LogP contribution in [0.25, 0.3) is 0 Å². The molecule has 4 N–H and O–H groups in total. The highest BCUT2D eigenvalue weighted by Crippen LogP contribution is 2.30. The van der Waals surface area contributed by atoms with E-state index >= 15 is 0 Å². The van der Waals surface area contributed by atoms with E-state index in [1.165, 1.54) is 0 Å². The predicted octanol–water partition coefficient (Wildman–Crippen LogP) is 1.98. The Hall–Kier alpha value is -4.01. The number of carbonyl (C=O) groups excluding carboxylic acids is 3. The van der Waals surface area contributed by atoms with Gasteiger partial charge in [-0.1, -0.05) is 56.3 Å². The summed E-state index contributed by atoms with van der Waals surface area (Å²) in [5.41, 5.74) is 12.8. The lowest BCUT2D eigenvalue weighted by Crippen LogP contribution is -2.47. The molecular weight excluding hydrogens is 444 g/mol. The molecule has 0 radical (unpaired) electrons. The number of hydrogen-bond acceptors (Lipinski definition) is 6. The van der Waals surface area contributed by atoms with Gasteiger partial charge >= 0.3 is 0 Å². The molecule has 1 heterocycles. The number of hydrogen-bond donors (Lipinski definition) is 3. The van der Waals surface area contributed by atoms with Gasteiger partial charge in [-0.25, -0.2) is 0 Å². The minimum absolute atomic E-state index is 0.0286. The monoisotopic (exact) mass is 476 g/mol. The smallest absolute Gasteiger partial charge is 0.240 e. The molecule has 3 amide bonds. The number of fused-ring (bicyclic) bond motifs is 2. The molecule has 184 valence electrons. The molecule has 0 spiro atoms. The number of carbonyl (C=O) groups is 3. The fraction of sp³-hybridized carbons (Fsp3) is 0.346. The van der Waals surface area contributed by atoms with Crippen LogP contribution in [0.1, 0.15) is 43.4 Å². The van der Waals surface area contributed by atoms with Gasteiger partial charge in [-0.15, -0.1) is 0 Å². The SMILES string of the molecule is CN=C1C(=NNC)c2ccccc2N(C(=O)CCC(=O)N[C@H](C(N)=O)C(C)C)Cc2ccccc21. The molecule has 0 fully saturated rings. The fourth-order valence-corrected chi connectivity index (χ4v) is 4.15. The molecule has 0 saturated heterocycles. The van der Waals surface area contributed by atoms with E-state index in [1.54, 1.807) is 32.8 Å². The van der Waals surface area contributed by atoms with Crippen molar-refractivity contribution in [3.63, 3.8) is 0 Å². The van der Waals surface area contributed by atoms with Gasteiger partial charge in [0.1, 0.15) is 11.8 Å². The summed E-state index contributed by atoms with van der Waals surface area (Å²) in [6.07, 6.45) is -0.0894. The molecule has 2 aromatic rings. The molecule has 9 nitrogen and oxygen atoms in total. The fourth-order valence-electron chi connectivity index (χ4n) is 4.15. The first-order valence-electron chi connectivity index (χ1n) is 11.6. The Labute approximate surface area is 205 Å². The maximum absolute atomic E-state index is 13.5.